The quantitative estimate of drug-likeness (QED) is 0.744. The number of hydrogen-bond acceptors (Lipinski definition) is 2. The second-order valence-corrected chi connectivity index (χ2v) is 7.26. The molecule has 28 heavy (non-hydrogen) atoms. The smallest absolute Gasteiger partial charge is 0.220 e. The van der Waals surface area contributed by atoms with Gasteiger partial charge in [-0.15, -0.1) is 0 Å². The summed E-state index contributed by atoms with van der Waals surface area (Å²) in [6.07, 6.45) is 2.73. The maximum Gasteiger partial charge on any atom is 0.220 e. The zero-order valence-corrected chi connectivity index (χ0v) is 16.3. The maximum absolute atomic E-state index is 13.8. The van der Waals surface area contributed by atoms with Crippen LogP contribution in [-0.2, 0) is 11.2 Å². The summed E-state index contributed by atoms with van der Waals surface area (Å²) >= 11 is 5.34. The third-order valence-electron chi connectivity index (χ3n) is 4.80. The van der Waals surface area contributed by atoms with Gasteiger partial charge in [-0.05, 0) is 49.2 Å². The number of piperidine rings is 1. The van der Waals surface area contributed by atoms with E-state index < -0.39 is 11.6 Å². The molecule has 148 valence electrons. The van der Waals surface area contributed by atoms with Gasteiger partial charge in [-0.3, -0.25) is 4.79 Å². The normalized spacial score (nSPS) is 14.6. The van der Waals surface area contributed by atoms with Crippen LogP contribution in [0, 0.1) is 11.6 Å². The lowest BCUT2D eigenvalue weighted by atomic mass is 10.0. The van der Waals surface area contributed by atoms with Crippen LogP contribution in [0.15, 0.2) is 48.5 Å². The molecule has 1 amide bonds. The van der Waals surface area contributed by atoms with E-state index in [1.807, 2.05) is 35.2 Å². The van der Waals surface area contributed by atoms with Crippen LogP contribution in [0.1, 0.15) is 24.8 Å². The highest BCUT2D eigenvalue weighted by Crippen LogP contribution is 2.17. The SMILES string of the molecule is O=C(CCc1ccccc1)NC1CCN(C(=S)Nc2ccc(F)cc2F)CC1. The second kappa shape index (κ2) is 9.59. The summed E-state index contributed by atoms with van der Waals surface area (Å²) in [5, 5.41) is 6.31. The van der Waals surface area contributed by atoms with E-state index in [2.05, 4.69) is 10.6 Å². The molecule has 3 rings (SSSR count). The highest BCUT2D eigenvalue weighted by Gasteiger charge is 2.22. The van der Waals surface area contributed by atoms with Crippen LogP contribution in [-0.4, -0.2) is 35.1 Å². The van der Waals surface area contributed by atoms with Gasteiger partial charge in [0.2, 0.25) is 5.91 Å². The Labute approximate surface area is 168 Å². The molecule has 0 saturated carbocycles. The molecule has 1 saturated heterocycles. The third-order valence-corrected chi connectivity index (χ3v) is 5.16. The first-order chi connectivity index (χ1) is 13.5. The number of carbonyl (C=O) groups excluding carboxylic acids is 1. The lowest BCUT2D eigenvalue weighted by Gasteiger charge is -2.34. The number of amides is 1. The third kappa shape index (κ3) is 5.73. The van der Waals surface area contributed by atoms with E-state index in [4.69, 9.17) is 12.2 Å². The Morgan fingerprint density at radius 3 is 2.50 bits per heavy atom. The number of anilines is 1. The predicted molar refractivity (Wildman–Crippen MR) is 110 cm³/mol. The molecular formula is C21H23F2N3OS. The highest BCUT2D eigenvalue weighted by molar-refractivity contribution is 7.80. The number of halogens is 2. The van der Waals surface area contributed by atoms with Crippen molar-refractivity contribution in [3.8, 4) is 0 Å². The summed E-state index contributed by atoms with van der Waals surface area (Å²) in [6, 6.07) is 13.4. The molecule has 4 nitrogen and oxygen atoms in total. The zero-order valence-electron chi connectivity index (χ0n) is 15.5. The fourth-order valence-electron chi connectivity index (χ4n) is 3.21. The van der Waals surface area contributed by atoms with Crippen LogP contribution in [0.4, 0.5) is 14.5 Å². The van der Waals surface area contributed by atoms with Crippen LogP contribution in [0.5, 0.6) is 0 Å². The molecule has 2 aromatic rings. The Morgan fingerprint density at radius 1 is 1.11 bits per heavy atom. The fraction of sp³-hybridized carbons (Fsp3) is 0.333. The number of benzene rings is 2. The van der Waals surface area contributed by atoms with Gasteiger partial charge in [0.1, 0.15) is 11.6 Å². The van der Waals surface area contributed by atoms with Gasteiger partial charge >= 0.3 is 0 Å². The van der Waals surface area contributed by atoms with Crippen molar-refractivity contribution < 1.29 is 13.6 Å². The monoisotopic (exact) mass is 403 g/mol. The molecule has 2 aromatic carbocycles. The molecule has 7 heteroatoms. The number of thiocarbonyl (C=S) groups is 1. The average molecular weight is 403 g/mol. The Bertz CT molecular complexity index is 824. The van der Waals surface area contributed by atoms with Crippen molar-refractivity contribution in [3.05, 3.63) is 65.7 Å². The van der Waals surface area contributed by atoms with Crippen LogP contribution < -0.4 is 10.6 Å². The molecule has 1 aliphatic heterocycles. The van der Waals surface area contributed by atoms with Crippen molar-refractivity contribution in [1.29, 1.82) is 0 Å². The van der Waals surface area contributed by atoms with Gasteiger partial charge in [0.05, 0.1) is 5.69 Å². The molecule has 0 atom stereocenters. The first-order valence-corrected chi connectivity index (χ1v) is 9.76. The van der Waals surface area contributed by atoms with E-state index in [0.717, 1.165) is 30.9 Å². The minimum absolute atomic E-state index is 0.0522. The largest absolute Gasteiger partial charge is 0.353 e. The Balaban J connectivity index is 1.41. The van der Waals surface area contributed by atoms with Crippen molar-refractivity contribution in [2.75, 3.05) is 18.4 Å². The number of rotatable bonds is 5. The van der Waals surface area contributed by atoms with Crippen LogP contribution in [0.25, 0.3) is 0 Å². The molecule has 1 heterocycles. The molecule has 1 fully saturated rings. The number of nitrogens with one attached hydrogen (secondary N) is 2. The number of aryl methyl sites for hydroxylation is 1. The Morgan fingerprint density at radius 2 is 1.82 bits per heavy atom. The molecule has 0 radical (unpaired) electrons. The van der Waals surface area contributed by atoms with E-state index in [1.165, 1.54) is 12.1 Å². The molecule has 0 aromatic heterocycles. The van der Waals surface area contributed by atoms with Crippen LogP contribution >= 0.6 is 12.2 Å². The zero-order chi connectivity index (χ0) is 19.9. The van der Waals surface area contributed by atoms with E-state index >= 15 is 0 Å². The topological polar surface area (TPSA) is 44.4 Å². The summed E-state index contributed by atoms with van der Waals surface area (Å²) < 4.78 is 26.7. The molecule has 1 aliphatic rings. The maximum atomic E-state index is 13.8. The predicted octanol–water partition coefficient (Wildman–Crippen LogP) is 3.88. The minimum Gasteiger partial charge on any atom is -0.353 e. The fourth-order valence-corrected chi connectivity index (χ4v) is 3.51. The lowest BCUT2D eigenvalue weighted by Crippen LogP contribution is -2.47. The first-order valence-electron chi connectivity index (χ1n) is 9.35. The molecule has 0 bridgehead atoms. The Kier molecular flexibility index (Phi) is 6.92. The number of likely N-dealkylation sites (tertiary alicyclic amines) is 1. The van der Waals surface area contributed by atoms with Crippen molar-refractivity contribution in [3.63, 3.8) is 0 Å². The summed E-state index contributed by atoms with van der Waals surface area (Å²) in [4.78, 5) is 14.1. The second-order valence-electron chi connectivity index (χ2n) is 6.87. The van der Waals surface area contributed by atoms with Gasteiger partial charge in [0, 0.05) is 31.6 Å². The van der Waals surface area contributed by atoms with Gasteiger partial charge in [-0.2, -0.15) is 0 Å². The lowest BCUT2D eigenvalue weighted by molar-refractivity contribution is -0.122. The molecule has 0 aliphatic carbocycles. The molecule has 0 unspecified atom stereocenters. The number of carbonyl (C=O) groups is 1. The van der Waals surface area contributed by atoms with E-state index in [9.17, 15) is 13.6 Å². The van der Waals surface area contributed by atoms with Gasteiger partial charge in [0.15, 0.2) is 5.11 Å². The summed E-state index contributed by atoms with van der Waals surface area (Å²) in [7, 11) is 0. The van der Waals surface area contributed by atoms with Gasteiger partial charge in [-0.25, -0.2) is 8.78 Å². The molecule has 0 spiro atoms. The Hall–Kier alpha value is -2.54. The van der Waals surface area contributed by atoms with Gasteiger partial charge in [0.25, 0.3) is 0 Å². The van der Waals surface area contributed by atoms with Gasteiger partial charge in [-0.1, -0.05) is 30.3 Å². The summed E-state index contributed by atoms with van der Waals surface area (Å²) in [6.45, 7) is 1.33. The standard InChI is InChI=1S/C21H23F2N3OS/c22-16-7-8-19(18(23)14-16)25-21(28)26-12-10-17(11-13-26)24-20(27)9-6-15-4-2-1-3-5-15/h1-5,7-8,14,17H,6,9-13H2,(H,24,27)(H,25,28). The summed E-state index contributed by atoms with van der Waals surface area (Å²) in [5.74, 6) is -1.25. The number of hydrogen-bond donors (Lipinski definition) is 2. The van der Waals surface area contributed by atoms with E-state index in [0.29, 0.717) is 24.6 Å². The van der Waals surface area contributed by atoms with Crippen molar-refractivity contribution in [2.45, 2.75) is 31.7 Å². The van der Waals surface area contributed by atoms with Crippen molar-refractivity contribution >= 4 is 28.9 Å². The van der Waals surface area contributed by atoms with E-state index in [-0.39, 0.29) is 17.6 Å². The minimum atomic E-state index is -0.678. The van der Waals surface area contributed by atoms with Crippen LogP contribution in [0.3, 0.4) is 0 Å². The van der Waals surface area contributed by atoms with Crippen molar-refractivity contribution in [1.82, 2.24) is 10.2 Å². The first kappa shape index (κ1) is 20.2. The van der Waals surface area contributed by atoms with Crippen molar-refractivity contribution in [2.24, 2.45) is 0 Å². The summed E-state index contributed by atoms with van der Waals surface area (Å²) in [5.41, 5.74) is 1.31. The van der Waals surface area contributed by atoms with Gasteiger partial charge < -0.3 is 15.5 Å². The average Bonchev–Trinajstić information content (AvgIpc) is 2.70. The van der Waals surface area contributed by atoms with Crippen LogP contribution in [0.2, 0.25) is 0 Å². The molecular weight excluding hydrogens is 380 g/mol. The number of nitrogens with zero attached hydrogens (tertiary/aromatic N) is 1. The highest BCUT2D eigenvalue weighted by atomic mass is 32.1. The van der Waals surface area contributed by atoms with E-state index in [1.54, 1.807) is 0 Å². The molecule has 2 N–H and O–H groups in total.